The number of carbonyl (C=O) groups excluding carboxylic acids is 1. The van der Waals surface area contributed by atoms with Crippen LogP contribution in [-0.4, -0.2) is 20.9 Å². The van der Waals surface area contributed by atoms with Crippen molar-refractivity contribution in [1.82, 2.24) is 15.0 Å². The van der Waals surface area contributed by atoms with Crippen molar-refractivity contribution in [3.63, 3.8) is 0 Å². The lowest BCUT2D eigenvalue weighted by Crippen LogP contribution is -2.16. The fourth-order valence-corrected chi connectivity index (χ4v) is 1.58. The summed E-state index contributed by atoms with van der Waals surface area (Å²) in [5.41, 5.74) is 7.49. The third-order valence-corrected chi connectivity index (χ3v) is 2.23. The Bertz CT molecular complexity index is 577. The van der Waals surface area contributed by atoms with E-state index in [-0.39, 0.29) is 17.4 Å². The molecular formula is C12H13N5O. The van der Waals surface area contributed by atoms with Crippen LogP contribution in [0, 0.1) is 13.8 Å². The van der Waals surface area contributed by atoms with Crippen LogP contribution in [0.1, 0.15) is 21.7 Å². The molecule has 0 saturated heterocycles. The Labute approximate surface area is 104 Å². The number of rotatable bonds is 2. The van der Waals surface area contributed by atoms with E-state index in [1.54, 1.807) is 6.07 Å². The Morgan fingerprint density at radius 3 is 2.67 bits per heavy atom. The van der Waals surface area contributed by atoms with Crippen molar-refractivity contribution in [3.05, 3.63) is 41.5 Å². The van der Waals surface area contributed by atoms with E-state index in [4.69, 9.17) is 5.73 Å². The van der Waals surface area contributed by atoms with E-state index in [0.717, 1.165) is 11.3 Å². The molecule has 0 aliphatic heterocycles. The highest BCUT2D eigenvalue weighted by molar-refractivity contribution is 6.02. The normalized spacial score (nSPS) is 10.1. The number of hydrogen-bond acceptors (Lipinski definition) is 5. The molecule has 0 aromatic carbocycles. The second-order valence-corrected chi connectivity index (χ2v) is 3.95. The Morgan fingerprint density at radius 2 is 2.00 bits per heavy atom. The number of nitrogen functional groups attached to an aromatic ring is 1. The van der Waals surface area contributed by atoms with Gasteiger partial charge in [-0.25, -0.2) is 9.97 Å². The Hall–Kier alpha value is -2.50. The summed E-state index contributed by atoms with van der Waals surface area (Å²) >= 11 is 0. The fraction of sp³-hybridized carbons (Fsp3) is 0.167. The average Bonchev–Trinajstić information content (AvgIpc) is 2.27. The van der Waals surface area contributed by atoms with E-state index in [1.807, 2.05) is 19.9 Å². The van der Waals surface area contributed by atoms with Crippen molar-refractivity contribution in [2.24, 2.45) is 0 Å². The van der Waals surface area contributed by atoms with E-state index >= 15 is 0 Å². The highest BCUT2D eigenvalue weighted by atomic mass is 16.1. The minimum absolute atomic E-state index is 0.163. The Morgan fingerprint density at radius 1 is 1.22 bits per heavy atom. The molecule has 0 unspecified atom stereocenters. The van der Waals surface area contributed by atoms with Crippen molar-refractivity contribution < 1.29 is 4.79 Å². The smallest absolute Gasteiger partial charge is 0.277 e. The number of carbonyl (C=O) groups is 1. The number of pyridine rings is 1. The number of aromatic nitrogens is 3. The summed E-state index contributed by atoms with van der Waals surface area (Å²) in [4.78, 5) is 23.8. The van der Waals surface area contributed by atoms with Crippen LogP contribution in [0.2, 0.25) is 0 Å². The van der Waals surface area contributed by atoms with Crippen LogP contribution in [0.3, 0.4) is 0 Å². The van der Waals surface area contributed by atoms with Gasteiger partial charge < -0.3 is 11.1 Å². The lowest BCUT2D eigenvalue weighted by Gasteiger charge is -2.06. The lowest BCUT2D eigenvalue weighted by atomic mass is 10.2. The maximum atomic E-state index is 11.9. The van der Waals surface area contributed by atoms with E-state index in [2.05, 4.69) is 20.3 Å². The maximum Gasteiger partial charge on any atom is 0.277 e. The molecule has 0 spiro atoms. The highest BCUT2D eigenvalue weighted by Crippen LogP contribution is 2.10. The first-order chi connectivity index (χ1) is 8.54. The summed E-state index contributed by atoms with van der Waals surface area (Å²) in [5, 5.41) is 2.66. The van der Waals surface area contributed by atoms with Gasteiger partial charge in [0.2, 0.25) is 0 Å². The van der Waals surface area contributed by atoms with Gasteiger partial charge >= 0.3 is 0 Å². The molecule has 18 heavy (non-hydrogen) atoms. The van der Waals surface area contributed by atoms with Gasteiger partial charge in [0.05, 0.1) is 12.4 Å². The Kier molecular flexibility index (Phi) is 3.18. The molecule has 0 fully saturated rings. The largest absolute Gasteiger partial charge is 0.382 e. The van der Waals surface area contributed by atoms with Gasteiger partial charge in [-0.1, -0.05) is 0 Å². The number of nitrogens with two attached hydrogens (primary N) is 1. The van der Waals surface area contributed by atoms with Crippen LogP contribution in [0.5, 0.6) is 0 Å². The fourth-order valence-electron chi connectivity index (χ4n) is 1.58. The summed E-state index contributed by atoms with van der Waals surface area (Å²) in [6.07, 6.45) is 2.74. The maximum absolute atomic E-state index is 11.9. The molecule has 0 atom stereocenters. The molecule has 2 rings (SSSR count). The molecule has 0 bridgehead atoms. The SMILES string of the molecule is Cc1cc(C)nc(NC(=O)c2cncc(N)n2)c1. The molecule has 3 N–H and O–H groups in total. The minimum Gasteiger partial charge on any atom is -0.382 e. The molecule has 0 aliphatic rings. The van der Waals surface area contributed by atoms with Gasteiger partial charge in [0, 0.05) is 5.69 Å². The molecular weight excluding hydrogens is 230 g/mol. The standard InChI is InChI=1S/C12H13N5O/c1-7-3-8(2)15-11(4-7)17-12(18)9-5-14-6-10(13)16-9/h3-6H,1-2H3,(H2,13,16)(H,15,17,18). The third-order valence-electron chi connectivity index (χ3n) is 2.23. The van der Waals surface area contributed by atoms with Crippen molar-refractivity contribution in [2.45, 2.75) is 13.8 Å². The second kappa shape index (κ2) is 4.79. The summed E-state index contributed by atoms with van der Waals surface area (Å²) in [6.45, 7) is 3.80. The first-order valence-corrected chi connectivity index (χ1v) is 5.39. The molecule has 6 heteroatoms. The van der Waals surface area contributed by atoms with Crippen LogP contribution >= 0.6 is 0 Å². The minimum atomic E-state index is -0.382. The van der Waals surface area contributed by atoms with Crippen LogP contribution in [0.15, 0.2) is 24.5 Å². The van der Waals surface area contributed by atoms with Gasteiger partial charge in [-0.05, 0) is 31.5 Å². The molecule has 0 saturated carbocycles. The summed E-state index contributed by atoms with van der Waals surface area (Å²) in [7, 11) is 0. The van der Waals surface area contributed by atoms with E-state index in [1.165, 1.54) is 12.4 Å². The van der Waals surface area contributed by atoms with Crippen molar-refractivity contribution in [1.29, 1.82) is 0 Å². The topological polar surface area (TPSA) is 93.8 Å². The van der Waals surface area contributed by atoms with E-state index < -0.39 is 0 Å². The summed E-state index contributed by atoms with van der Waals surface area (Å²) in [6, 6.07) is 3.71. The Balaban J connectivity index is 2.21. The number of nitrogens with one attached hydrogen (secondary N) is 1. The highest BCUT2D eigenvalue weighted by Gasteiger charge is 2.09. The molecule has 2 aromatic rings. The second-order valence-electron chi connectivity index (χ2n) is 3.95. The van der Waals surface area contributed by atoms with Crippen LogP contribution in [-0.2, 0) is 0 Å². The van der Waals surface area contributed by atoms with Gasteiger partial charge in [0.15, 0.2) is 0 Å². The molecule has 0 radical (unpaired) electrons. The third kappa shape index (κ3) is 2.79. The number of aryl methyl sites for hydroxylation is 2. The van der Waals surface area contributed by atoms with E-state index in [9.17, 15) is 4.79 Å². The number of anilines is 2. The number of nitrogens with zero attached hydrogens (tertiary/aromatic N) is 3. The lowest BCUT2D eigenvalue weighted by molar-refractivity contribution is 0.102. The molecule has 92 valence electrons. The molecule has 6 nitrogen and oxygen atoms in total. The van der Waals surface area contributed by atoms with Gasteiger partial charge in [-0.2, -0.15) is 0 Å². The number of hydrogen-bond donors (Lipinski definition) is 2. The zero-order valence-corrected chi connectivity index (χ0v) is 10.1. The van der Waals surface area contributed by atoms with Crippen LogP contribution in [0.25, 0.3) is 0 Å². The van der Waals surface area contributed by atoms with Gasteiger partial charge in [0.25, 0.3) is 5.91 Å². The van der Waals surface area contributed by atoms with Gasteiger partial charge in [-0.15, -0.1) is 0 Å². The molecule has 1 amide bonds. The monoisotopic (exact) mass is 243 g/mol. The first-order valence-electron chi connectivity index (χ1n) is 5.39. The molecule has 0 aliphatic carbocycles. The van der Waals surface area contributed by atoms with Crippen molar-refractivity contribution in [3.8, 4) is 0 Å². The molecule has 2 aromatic heterocycles. The first kappa shape index (κ1) is 12.0. The zero-order chi connectivity index (χ0) is 13.1. The van der Waals surface area contributed by atoms with Gasteiger partial charge in [0.1, 0.15) is 17.3 Å². The predicted molar refractivity (Wildman–Crippen MR) is 68.1 cm³/mol. The summed E-state index contributed by atoms with van der Waals surface area (Å²) in [5.74, 6) is 0.310. The van der Waals surface area contributed by atoms with Crippen LogP contribution < -0.4 is 11.1 Å². The summed E-state index contributed by atoms with van der Waals surface area (Å²) < 4.78 is 0. The van der Waals surface area contributed by atoms with Crippen LogP contribution in [0.4, 0.5) is 11.6 Å². The van der Waals surface area contributed by atoms with Crippen molar-refractivity contribution in [2.75, 3.05) is 11.1 Å². The van der Waals surface area contributed by atoms with Gasteiger partial charge in [-0.3, -0.25) is 9.78 Å². The quantitative estimate of drug-likeness (QED) is 0.829. The van der Waals surface area contributed by atoms with Crippen molar-refractivity contribution >= 4 is 17.5 Å². The zero-order valence-electron chi connectivity index (χ0n) is 10.1. The molecule has 2 heterocycles. The average molecular weight is 243 g/mol. The number of amides is 1. The predicted octanol–water partition coefficient (Wildman–Crippen LogP) is 1.32. The van der Waals surface area contributed by atoms with E-state index in [0.29, 0.717) is 5.82 Å².